The Labute approximate surface area is 93.6 Å². The van der Waals surface area contributed by atoms with Crippen molar-refractivity contribution in [3.05, 3.63) is 23.5 Å². The van der Waals surface area contributed by atoms with Gasteiger partial charge in [-0.2, -0.15) is 0 Å². The zero-order valence-electron chi connectivity index (χ0n) is 9.53. The van der Waals surface area contributed by atoms with Crippen molar-refractivity contribution >= 4 is 11.6 Å². The highest BCUT2D eigenvalue weighted by molar-refractivity contribution is 6.25. The predicted molar refractivity (Wildman–Crippen MR) is 56.6 cm³/mol. The molecule has 0 saturated carbocycles. The van der Waals surface area contributed by atoms with Crippen LogP contribution in [-0.4, -0.2) is 27.9 Å². The van der Waals surface area contributed by atoms with Crippen molar-refractivity contribution in [2.75, 3.05) is 0 Å². The molecule has 0 amide bonds. The maximum atomic E-state index is 11.8. The first-order valence-corrected chi connectivity index (χ1v) is 5.14. The first-order chi connectivity index (χ1) is 7.24. The summed E-state index contributed by atoms with van der Waals surface area (Å²) in [5, 5.41) is 9.74. The second kappa shape index (κ2) is 3.04. The summed E-state index contributed by atoms with van der Waals surface area (Å²) in [6, 6.07) is 0. The fourth-order valence-electron chi connectivity index (χ4n) is 1.89. The van der Waals surface area contributed by atoms with Gasteiger partial charge in [0.1, 0.15) is 5.60 Å². The number of aliphatic hydroxyl groups is 1. The summed E-state index contributed by atoms with van der Waals surface area (Å²) in [7, 11) is 0. The van der Waals surface area contributed by atoms with Gasteiger partial charge in [-0.1, -0.05) is 0 Å². The highest BCUT2D eigenvalue weighted by atomic mass is 16.5. The van der Waals surface area contributed by atoms with E-state index >= 15 is 0 Å². The van der Waals surface area contributed by atoms with Crippen molar-refractivity contribution in [3.8, 4) is 0 Å². The van der Waals surface area contributed by atoms with Gasteiger partial charge in [-0.3, -0.25) is 9.59 Å². The number of carbonyl (C=O) groups is 2. The zero-order valence-corrected chi connectivity index (χ0v) is 9.53. The third-order valence-electron chi connectivity index (χ3n) is 2.93. The lowest BCUT2D eigenvalue weighted by atomic mass is 9.77. The van der Waals surface area contributed by atoms with Gasteiger partial charge in [0.15, 0.2) is 11.4 Å². The van der Waals surface area contributed by atoms with Gasteiger partial charge in [0.05, 0.1) is 11.8 Å². The zero-order chi connectivity index (χ0) is 12.1. The molecular weight excluding hydrogens is 208 g/mol. The Kier molecular flexibility index (Phi) is 2.11. The molecule has 0 bridgehead atoms. The van der Waals surface area contributed by atoms with Crippen molar-refractivity contribution in [2.24, 2.45) is 0 Å². The van der Waals surface area contributed by atoms with Crippen LogP contribution < -0.4 is 0 Å². The number of fused-ring (bicyclic) bond motifs is 1. The second-order valence-corrected chi connectivity index (χ2v) is 5.02. The van der Waals surface area contributed by atoms with E-state index in [9.17, 15) is 14.7 Å². The van der Waals surface area contributed by atoms with Crippen molar-refractivity contribution in [1.29, 1.82) is 0 Å². The minimum absolute atomic E-state index is 0.309. The maximum absolute atomic E-state index is 11.8. The van der Waals surface area contributed by atoms with E-state index < -0.39 is 22.8 Å². The molecule has 0 aromatic rings. The summed E-state index contributed by atoms with van der Waals surface area (Å²) in [5.41, 5.74) is -1.40. The van der Waals surface area contributed by atoms with Crippen molar-refractivity contribution in [2.45, 2.75) is 38.4 Å². The number of carbonyl (C=O) groups excluding carboxylic acids is 2. The van der Waals surface area contributed by atoms with E-state index in [1.807, 2.05) is 13.8 Å². The van der Waals surface area contributed by atoms with Crippen LogP contribution in [0, 0.1) is 0 Å². The largest absolute Gasteiger partial charge is 0.494 e. The summed E-state index contributed by atoms with van der Waals surface area (Å²) in [6.07, 6.45) is 3.18. The standard InChI is InChI=1S/C12H14O4/c1-11(2)5-7-4-9(13)12(3,15)10(14)8(7)6-16-11/h4,6,15H,5H2,1-3H3/t12-/m0/s1. The highest BCUT2D eigenvalue weighted by Crippen LogP contribution is 2.36. The Morgan fingerprint density at radius 3 is 2.56 bits per heavy atom. The third kappa shape index (κ3) is 1.50. The van der Waals surface area contributed by atoms with E-state index in [0.717, 1.165) is 0 Å². The molecule has 0 spiro atoms. The molecule has 1 N–H and O–H groups in total. The fourth-order valence-corrected chi connectivity index (χ4v) is 1.89. The van der Waals surface area contributed by atoms with Crippen LogP contribution in [0.2, 0.25) is 0 Å². The van der Waals surface area contributed by atoms with Gasteiger partial charge in [-0.25, -0.2) is 0 Å². The lowest BCUT2D eigenvalue weighted by Gasteiger charge is -2.35. The van der Waals surface area contributed by atoms with Crippen LogP contribution in [0.4, 0.5) is 0 Å². The van der Waals surface area contributed by atoms with Crippen LogP contribution >= 0.6 is 0 Å². The lowest BCUT2D eigenvalue weighted by molar-refractivity contribution is -0.144. The molecule has 1 heterocycles. The first-order valence-electron chi connectivity index (χ1n) is 5.14. The molecule has 0 saturated heterocycles. The third-order valence-corrected chi connectivity index (χ3v) is 2.93. The van der Waals surface area contributed by atoms with Crippen molar-refractivity contribution in [1.82, 2.24) is 0 Å². The number of ketones is 2. The number of hydrogen-bond acceptors (Lipinski definition) is 4. The van der Waals surface area contributed by atoms with Crippen molar-refractivity contribution < 1.29 is 19.4 Å². The van der Waals surface area contributed by atoms with E-state index in [2.05, 4.69) is 0 Å². The van der Waals surface area contributed by atoms with Gasteiger partial charge in [0.2, 0.25) is 5.78 Å². The number of Topliss-reactive ketones (excluding diaryl/α,β-unsaturated/α-hetero) is 1. The van der Waals surface area contributed by atoms with E-state index in [4.69, 9.17) is 4.74 Å². The molecule has 0 fully saturated rings. The minimum atomic E-state index is -1.94. The average Bonchev–Trinajstić information content (AvgIpc) is 2.13. The molecule has 4 heteroatoms. The molecule has 4 nitrogen and oxygen atoms in total. The van der Waals surface area contributed by atoms with Crippen LogP contribution in [0.5, 0.6) is 0 Å². The van der Waals surface area contributed by atoms with Gasteiger partial charge in [0, 0.05) is 6.42 Å². The van der Waals surface area contributed by atoms with Gasteiger partial charge >= 0.3 is 0 Å². The molecule has 2 aliphatic rings. The summed E-state index contributed by atoms with van der Waals surface area (Å²) in [5.74, 6) is -1.13. The van der Waals surface area contributed by atoms with E-state index in [-0.39, 0.29) is 0 Å². The Hall–Kier alpha value is -1.42. The summed E-state index contributed by atoms with van der Waals surface area (Å²) in [6.45, 7) is 4.97. The Morgan fingerprint density at radius 1 is 1.31 bits per heavy atom. The SMILES string of the molecule is CC1(C)CC2=CC(=O)[C@](C)(O)C(=O)C2=CO1. The summed E-state index contributed by atoms with van der Waals surface area (Å²) >= 11 is 0. The Balaban J connectivity index is 2.50. The molecule has 1 aliphatic carbocycles. The molecule has 1 aliphatic heterocycles. The van der Waals surface area contributed by atoms with Crippen molar-refractivity contribution in [3.63, 3.8) is 0 Å². The van der Waals surface area contributed by atoms with Gasteiger partial charge < -0.3 is 9.84 Å². The van der Waals surface area contributed by atoms with Crippen LogP contribution in [0.15, 0.2) is 23.5 Å². The minimum Gasteiger partial charge on any atom is -0.494 e. The molecule has 16 heavy (non-hydrogen) atoms. The molecular formula is C12H14O4. The molecule has 0 unspecified atom stereocenters. The molecule has 86 valence electrons. The average molecular weight is 222 g/mol. The lowest BCUT2D eigenvalue weighted by Crippen LogP contribution is -2.48. The number of hydrogen-bond donors (Lipinski definition) is 1. The monoisotopic (exact) mass is 222 g/mol. The van der Waals surface area contributed by atoms with Gasteiger partial charge in [-0.05, 0) is 32.4 Å². The van der Waals surface area contributed by atoms with Crippen LogP contribution in [-0.2, 0) is 14.3 Å². The topological polar surface area (TPSA) is 63.6 Å². The van der Waals surface area contributed by atoms with Gasteiger partial charge in [0.25, 0.3) is 0 Å². The van der Waals surface area contributed by atoms with E-state index in [1.54, 1.807) is 0 Å². The Morgan fingerprint density at radius 2 is 1.94 bits per heavy atom. The summed E-state index contributed by atoms with van der Waals surface area (Å²) in [4.78, 5) is 23.4. The number of ether oxygens (including phenoxy) is 1. The molecule has 0 radical (unpaired) electrons. The summed E-state index contributed by atoms with van der Waals surface area (Å²) < 4.78 is 5.39. The van der Waals surface area contributed by atoms with Crippen LogP contribution in [0.1, 0.15) is 27.2 Å². The molecule has 1 atom stereocenters. The van der Waals surface area contributed by atoms with Crippen LogP contribution in [0.3, 0.4) is 0 Å². The quantitative estimate of drug-likeness (QED) is 0.618. The molecule has 2 rings (SSSR count). The van der Waals surface area contributed by atoms with E-state index in [1.165, 1.54) is 19.3 Å². The van der Waals surface area contributed by atoms with Crippen LogP contribution in [0.25, 0.3) is 0 Å². The predicted octanol–water partition coefficient (Wildman–Crippen LogP) is 0.898. The smallest absolute Gasteiger partial charge is 0.205 e. The van der Waals surface area contributed by atoms with Gasteiger partial charge in [-0.15, -0.1) is 0 Å². The molecule has 0 aromatic heterocycles. The molecule has 0 aromatic carbocycles. The highest BCUT2D eigenvalue weighted by Gasteiger charge is 2.46. The normalized spacial score (nSPS) is 32.5. The Bertz CT molecular complexity index is 438. The maximum Gasteiger partial charge on any atom is 0.205 e. The fraction of sp³-hybridized carbons (Fsp3) is 0.500. The second-order valence-electron chi connectivity index (χ2n) is 5.02. The van der Waals surface area contributed by atoms with E-state index in [0.29, 0.717) is 17.6 Å². The first kappa shape index (κ1) is 11.1. The number of rotatable bonds is 0.